The summed E-state index contributed by atoms with van der Waals surface area (Å²) in [7, 11) is 0. The maximum Gasteiger partial charge on any atom is 0.321 e. The van der Waals surface area contributed by atoms with Gasteiger partial charge >= 0.3 is 5.97 Å². The fraction of sp³-hybridized carbons (Fsp3) is 0.400. The summed E-state index contributed by atoms with van der Waals surface area (Å²) >= 11 is 0. The van der Waals surface area contributed by atoms with Crippen LogP contribution < -0.4 is 5.32 Å². The van der Waals surface area contributed by atoms with Crippen LogP contribution in [-0.4, -0.2) is 35.9 Å². The number of amides is 1. The van der Waals surface area contributed by atoms with Gasteiger partial charge in [-0.25, -0.2) is 4.99 Å². The van der Waals surface area contributed by atoms with Crippen LogP contribution in [0.4, 0.5) is 0 Å². The van der Waals surface area contributed by atoms with Gasteiger partial charge in [0.15, 0.2) is 5.92 Å². The van der Waals surface area contributed by atoms with E-state index in [9.17, 15) is 9.59 Å². The molecule has 31 heavy (non-hydrogen) atoms. The molecule has 4 rings (SSSR count). The van der Waals surface area contributed by atoms with E-state index in [2.05, 4.69) is 42.3 Å². The van der Waals surface area contributed by atoms with Crippen molar-refractivity contribution < 1.29 is 14.3 Å². The Morgan fingerprint density at radius 3 is 2.55 bits per heavy atom. The summed E-state index contributed by atoms with van der Waals surface area (Å²) in [5.74, 6) is -0.967. The predicted octanol–water partition coefficient (Wildman–Crippen LogP) is 3.57. The van der Waals surface area contributed by atoms with Gasteiger partial charge < -0.3 is 9.64 Å². The van der Waals surface area contributed by atoms with Gasteiger partial charge in [-0.05, 0) is 41.5 Å². The maximum atomic E-state index is 13.0. The van der Waals surface area contributed by atoms with E-state index >= 15 is 0 Å². The third-order valence-electron chi connectivity index (χ3n) is 6.01. The smallest absolute Gasteiger partial charge is 0.321 e. The molecule has 0 aromatic heterocycles. The van der Waals surface area contributed by atoms with Crippen LogP contribution in [0.15, 0.2) is 53.5 Å². The molecule has 0 radical (unpaired) electrons. The average Bonchev–Trinajstić information content (AvgIpc) is 2.78. The second-order valence-corrected chi connectivity index (χ2v) is 8.38. The zero-order chi connectivity index (χ0) is 22.0. The Bertz CT molecular complexity index is 997. The number of nitrogens with zero attached hydrogens (tertiary/aromatic N) is 2. The quantitative estimate of drug-likeness (QED) is 0.608. The van der Waals surface area contributed by atoms with E-state index in [1.165, 1.54) is 16.7 Å². The fourth-order valence-corrected chi connectivity index (χ4v) is 4.22. The van der Waals surface area contributed by atoms with Crippen LogP contribution in [0.1, 0.15) is 55.0 Å². The van der Waals surface area contributed by atoms with Gasteiger partial charge in [0, 0.05) is 13.1 Å². The summed E-state index contributed by atoms with van der Waals surface area (Å²) < 4.78 is 5.21. The van der Waals surface area contributed by atoms with Gasteiger partial charge in [0.05, 0.1) is 6.61 Å². The molecule has 0 fully saturated rings. The highest BCUT2D eigenvalue weighted by molar-refractivity contribution is 6.08. The number of hydrogen-bond acceptors (Lipinski definition) is 5. The van der Waals surface area contributed by atoms with Crippen molar-refractivity contribution >= 4 is 17.8 Å². The van der Waals surface area contributed by atoms with Gasteiger partial charge in [0.1, 0.15) is 6.04 Å². The van der Waals surface area contributed by atoms with Crippen molar-refractivity contribution in [1.82, 2.24) is 10.2 Å². The number of carbonyl (C=O) groups excluding carboxylic acids is 2. The van der Waals surface area contributed by atoms with Gasteiger partial charge in [0.2, 0.25) is 11.9 Å². The summed E-state index contributed by atoms with van der Waals surface area (Å²) in [5, 5.41) is 2.87. The van der Waals surface area contributed by atoms with E-state index in [1.54, 1.807) is 6.92 Å². The first-order valence-electron chi connectivity index (χ1n) is 10.9. The van der Waals surface area contributed by atoms with Crippen molar-refractivity contribution in [3.63, 3.8) is 0 Å². The van der Waals surface area contributed by atoms with Crippen molar-refractivity contribution in [2.24, 2.45) is 10.9 Å². The van der Waals surface area contributed by atoms with Crippen molar-refractivity contribution in [2.45, 2.75) is 45.7 Å². The normalized spacial score (nSPS) is 20.7. The molecule has 1 N–H and O–H groups in total. The molecule has 2 aromatic rings. The highest BCUT2D eigenvalue weighted by Crippen LogP contribution is 2.32. The fourth-order valence-electron chi connectivity index (χ4n) is 4.22. The Kier molecular flexibility index (Phi) is 6.07. The summed E-state index contributed by atoms with van der Waals surface area (Å²) in [6.45, 7) is 7.67. The topological polar surface area (TPSA) is 71.0 Å². The van der Waals surface area contributed by atoms with Crippen LogP contribution in [-0.2, 0) is 27.3 Å². The third-order valence-corrected chi connectivity index (χ3v) is 6.01. The Morgan fingerprint density at radius 2 is 1.87 bits per heavy atom. The van der Waals surface area contributed by atoms with E-state index in [4.69, 9.17) is 9.73 Å². The maximum absolute atomic E-state index is 13.0. The number of carbonyl (C=O) groups is 2. The van der Waals surface area contributed by atoms with E-state index in [-0.39, 0.29) is 12.5 Å². The molecule has 0 saturated heterocycles. The summed E-state index contributed by atoms with van der Waals surface area (Å²) in [6, 6.07) is 15.7. The molecule has 6 heteroatoms. The molecular weight excluding hydrogens is 390 g/mol. The molecule has 2 heterocycles. The van der Waals surface area contributed by atoms with Gasteiger partial charge in [-0.2, -0.15) is 0 Å². The van der Waals surface area contributed by atoms with Crippen LogP contribution in [0.25, 0.3) is 0 Å². The first kappa shape index (κ1) is 21.1. The van der Waals surface area contributed by atoms with Crippen molar-refractivity contribution in [3.05, 3.63) is 70.8 Å². The van der Waals surface area contributed by atoms with Crippen LogP contribution in [0.5, 0.6) is 0 Å². The van der Waals surface area contributed by atoms with Crippen LogP contribution in [0.2, 0.25) is 0 Å². The second-order valence-electron chi connectivity index (χ2n) is 8.38. The zero-order valence-electron chi connectivity index (χ0n) is 18.3. The molecule has 162 valence electrons. The second kappa shape index (κ2) is 8.92. The minimum absolute atomic E-state index is 0.223. The molecule has 0 saturated carbocycles. The van der Waals surface area contributed by atoms with Crippen molar-refractivity contribution in [1.29, 1.82) is 0 Å². The highest BCUT2D eigenvalue weighted by atomic mass is 16.5. The summed E-state index contributed by atoms with van der Waals surface area (Å²) in [4.78, 5) is 32.6. The van der Waals surface area contributed by atoms with Gasteiger partial charge in [-0.1, -0.05) is 62.4 Å². The molecule has 2 aromatic carbocycles. The van der Waals surface area contributed by atoms with E-state index in [0.717, 1.165) is 18.5 Å². The molecule has 0 bridgehead atoms. The Hall–Kier alpha value is -3.15. The molecule has 0 spiro atoms. The molecule has 0 aliphatic carbocycles. The van der Waals surface area contributed by atoms with Gasteiger partial charge in [0.25, 0.3) is 0 Å². The number of aliphatic imine (C=N–C) groups is 1. The Morgan fingerprint density at radius 1 is 1.16 bits per heavy atom. The SMILES string of the molecule is CCOC(=O)[C@@H]1C(=O)NC(N2CCc3ccccc3C2)=N[C@H]1c1ccc(C(C)C)cc1. The first-order valence-corrected chi connectivity index (χ1v) is 10.9. The van der Waals surface area contributed by atoms with Crippen LogP contribution in [0.3, 0.4) is 0 Å². The molecule has 2 aliphatic heterocycles. The summed E-state index contributed by atoms with van der Waals surface area (Å²) in [5.41, 5.74) is 4.60. The Labute approximate surface area is 183 Å². The zero-order valence-corrected chi connectivity index (χ0v) is 18.3. The predicted molar refractivity (Wildman–Crippen MR) is 120 cm³/mol. The number of ether oxygens (including phenoxy) is 1. The van der Waals surface area contributed by atoms with E-state index < -0.39 is 17.9 Å². The van der Waals surface area contributed by atoms with Crippen LogP contribution in [0, 0.1) is 5.92 Å². The largest absolute Gasteiger partial charge is 0.465 e. The molecule has 1 amide bonds. The van der Waals surface area contributed by atoms with Gasteiger partial charge in [-0.3, -0.25) is 14.9 Å². The van der Waals surface area contributed by atoms with Crippen molar-refractivity contribution in [2.75, 3.05) is 13.2 Å². The lowest BCUT2D eigenvalue weighted by atomic mass is 9.90. The molecule has 2 atom stereocenters. The standard InChI is InChI=1S/C25H29N3O3/c1-4-31-24(30)21-22(19-11-9-17(10-12-19)16(2)3)26-25(27-23(21)29)28-14-13-18-7-5-6-8-20(18)15-28/h5-12,16,21-22H,4,13-15H2,1-3H3,(H,26,27,29)/t21-,22-/m0/s1. The number of guanidine groups is 1. The number of benzene rings is 2. The number of fused-ring (bicyclic) bond motifs is 1. The average molecular weight is 420 g/mol. The molecule has 6 nitrogen and oxygen atoms in total. The summed E-state index contributed by atoms with van der Waals surface area (Å²) in [6.07, 6.45) is 0.889. The lowest BCUT2D eigenvalue weighted by Crippen LogP contribution is -2.53. The highest BCUT2D eigenvalue weighted by Gasteiger charge is 2.42. The van der Waals surface area contributed by atoms with Crippen LogP contribution >= 0.6 is 0 Å². The van der Waals surface area contributed by atoms with E-state index in [0.29, 0.717) is 18.4 Å². The van der Waals surface area contributed by atoms with Gasteiger partial charge in [-0.15, -0.1) is 0 Å². The third kappa shape index (κ3) is 4.33. The molecular formula is C25H29N3O3. The lowest BCUT2D eigenvalue weighted by Gasteiger charge is -2.36. The molecule has 2 aliphatic rings. The number of hydrogen-bond donors (Lipinski definition) is 1. The van der Waals surface area contributed by atoms with E-state index in [1.807, 2.05) is 30.3 Å². The Balaban J connectivity index is 1.68. The number of rotatable bonds is 4. The monoisotopic (exact) mass is 419 g/mol. The molecule has 0 unspecified atom stereocenters. The minimum Gasteiger partial charge on any atom is -0.465 e. The first-order chi connectivity index (χ1) is 15.0. The minimum atomic E-state index is -0.995. The number of nitrogens with one attached hydrogen (secondary N) is 1. The number of esters is 1. The lowest BCUT2D eigenvalue weighted by molar-refractivity contribution is -0.153. The van der Waals surface area contributed by atoms with Crippen molar-refractivity contribution in [3.8, 4) is 0 Å².